The average molecular weight is 255 g/mol. The van der Waals surface area contributed by atoms with E-state index < -0.39 is 11.9 Å². The van der Waals surface area contributed by atoms with Crippen LogP contribution in [0.5, 0.6) is 0 Å². The lowest BCUT2D eigenvalue weighted by Crippen LogP contribution is -2.56. The second kappa shape index (κ2) is 4.70. The number of hydrogen-bond donors (Lipinski definition) is 2. The minimum atomic E-state index is -0.845. The summed E-state index contributed by atoms with van der Waals surface area (Å²) in [5.74, 6) is -1.27. The van der Waals surface area contributed by atoms with Crippen LogP contribution in [-0.2, 0) is 4.79 Å². The second-order valence-corrected chi connectivity index (χ2v) is 4.91. The van der Waals surface area contributed by atoms with Crippen LogP contribution in [0.3, 0.4) is 0 Å². The summed E-state index contributed by atoms with van der Waals surface area (Å²) >= 11 is 1.48. The highest BCUT2D eigenvalue weighted by Crippen LogP contribution is 2.18. The molecule has 1 aromatic rings. The number of carboxylic acid groups (broad SMARTS) is 1. The van der Waals surface area contributed by atoms with Gasteiger partial charge < -0.3 is 15.3 Å². The van der Waals surface area contributed by atoms with Crippen molar-refractivity contribution in [3.63, 3.8) is 0 Å². The first-order valence-corrected chi connectivity index (χ1v) is 6.13. The number of rotatable bonds is 3. The van der Waals surface area contributed by atoms with Crippen LogP contribution in [-0.4, -0.2) is 40.1 Å². The van der Waals surface area contributed by atoms with E-state index in [4.69, 9.17) is 5.11 Å². The topological polar surface area (TPSA) is 82.5 Å². The zero-order valence-corrected chi connectivity index (χ0v) is 10.1. The van der Waals surface area contributed by atoms with E-state index in [1.807, 2.05) is 12.3 Å². The Kier molecular flexibility index (Phi) is 3.28. The molecule has 1 atom stereocenters. The number of aromatic nitrogens is 1. The first kappa shape index (κ1) is 11.8. The zero-order chi connectivity index (χ0) is 12.4. The van der Waals surface area contributed by atoms with Gasteiger partial charge >= 0.3 is 12.0 Å². The molecule has 2 amide bonds. The van der Waals surface area contributed by atoms with Gasteiger partial charge in [0.15, 0.2) is 0 Å². The van der Waals surface area contributed by atoms with Gasteiger partial charge in [-0.3, -0.25) is 4.79 Å². The van der Waals surface area contributed by atoms with Crippen molar-refractivity contribution < 1.29 is 14.7 Å². The number of carbonyl (C=O) groups is 2. The molecule has 0 aliphatic carbocycles. The van der Waals surface area contributed by atoms with E-state index in [-0.39, 0.29) is 25.2 Å². The van der Waals surface area contributed by atoms with Gasteiger partial charge in [0.1, 0.15) is 5.01 Å². The molecule has 0 bridgehead atoms. The number of hydrogen-bond acceptors (Lipinski definition) is 4. The first-order chi connectivity index (χ1) is 8.08. The van der Waals surface area contributed by atoms with Crippen LogP contribution in [0.1, 0.15) is 18.0 Å². The van der Waals surface area contributed by atoms with Crippen molar-refractivity contribution in [1.29, 1.82) is 0 Å². The SMILES string of the molecule is CC(NC(=O)N1CC(C(=O)O)C1)c1nccs1. The van der Waals surface area contributed by atoms with E-state index in [2.05, 4.69) is 10.3 Å². The molecule has 0 aromatic carbocycles. The molecule has 6 nitrogen and oxygen atoms in total. The minimum absolute atomic E-state index is 0.147. The summed E-state index contributed by atoms with van der Waals surface area (Å²) in [5.41, 5.74) is 0. The Bertz CT molecular complexity index is 414. The third kappa shape index (κ3) is 2.55. The Labute approximate surface area is 102 Å². The average Bonchev–Trinajstić information content (AvgIpc) is 2.66. The maximum atomic E-state index is 11.7. The van der Waals surface area contributed by atoms with Gasteiger partial charge in [-0.05, 0) is 6.92 Å². The van der Waals surface area contributed by atoms with Crippen molar-refractivity contribution in [3.8, 4) is 0 Å². The Morgan fingerprint density at radius 2 is 2.35 bits per heavy atom. The smallest absolute Gasteiger partial charge is 0.318 e. The lowest BCUT2D eigenvalue weighted by molar-refractivity contribution is -0.146. The highest BCUT2D eigenvalue weighted by molar-refractivity contribution is 7.09. The maximum absolute atomic E-state index is 11.7. The summed E-state index contributed by atoms with van der Waals surface area (Å²) in [4.78, 5) is 27.9. The molecule has 0 saturated carbocycles. The lowest BCUT2D eigenvalue weighted by atomic mass is 10.0. The predicted octanol–water partition coefficient (Wildman–Crippen LogP) is 0.930. The molecule has 1 aliphatic heterocycles. The summed E-state index contributed by atoms with van der Waals surface area (Å²) in [5, 5.41) is 14.2. The Morgan fingerprint density at radius 1 is 1.65 bits per heavy atom. The van der Waals surface area contributed by atoms with Crippen LogP contribution in [0.2, 0.25) is 0 Å². The standard InChI is InChI=1S/C10H13N3O3S/c1-6(8-11-2-3-17-8)12-10(16)13-4-7(5-13)9(14)15/h2-3,6-7H,4-5H2,1H3,(H,12,16)(H,14,15). The molecule has 0 spiro atoms. The van der Waals surface area contributed by atoms with Gasteiger partial charge in [-0.2, -0.15) is 0 Å². The molecule has 1 aromatic heterocycles. The van der Waals surface area contributed by atoms with Gasteiger partial charge in [0.05, 0.1) is 12.0 Å². The van der Waals surface area contributed by atoms with E-state index in [9.17, 15) is 9.59 Å². The molecule has 2 rings (SSSR count). The van der Waals surface area contributed by atoms with Crippen LogP contribution >= 0.6 is 11.3 Å². The summed E-state index contributed by atoms with van der Waals surface area (Å²) in [6.45, 7) is 2.42. The van der Waals surface area contributed by atoms with Gasteiger partial charge in [0, 0.05) is 24.7 Å². The van der Waals surface area contributed by atoms with E-state index >= 15 is 0 Å². The number of thiazole rings is 1. The van der Waals surface area contributed by atoms with Crippen molar-refractivity contribution in [3.05, 3.63) is 16.6 Å². The van der Waals surface area contributed by atoms with E-state index in [1.165, 1.54) is 16.2 Å². The number of aliphatic carboxylic acids is 1. The Balaban J connectivity index is 1.81. The first-order valence-electron chi connectivity index (χ1n) is 5.25. The summed E-state index contributed by atoms with van der Waals surface area (Å²) in [6.07, 6.45) is 1.69. The highest BCUT2D eigenvalue weighted by Gasteiger charge is 2.36. The molecular weight excluding hydrogens is 242 g/mol. The van der Waals surface area contributed by atoms with Gasteiger partial charge in [-0.15, -0.1) is 11.3 Å². The summed E-state index contributed by atoms with van der Waals surface area (Å²) < 4.78 is 0. The Hall–Kier alpha value is -1.63. The fourth-order valence-corrected chi connectivity index (χ4v) is 2.23. The van der Waals surface area contributed by atoms with Gasteiger partial charge in [-0.25, -0.2) is 9.78 Å². The lowest BCUT2D eigenvalue weighted by Gasteiger charge is -2.37. The van der Waals surface area contributed by atoms with Crippen molar-refractivity contribution >= 4 is 23.3 Å². The number of carbonyl (C=O) groups excluding carboxylic acids is 1. The molecule has 1 aliphatic rings. The fourth-order valence-electron chi connectivity index (χ4n) is 1.59. The molecule has 2 N–H and O–H groups in total. The molecule has 92 valence electrons. The van der Waals surface area contributed by atoms with Gasteiger partial charge in [0.25, 0.3) is 0 Å². The number of carboxylic acids is 1. The molecule has 1 fully saturated rings. The number of likely N-dealkylation sites (tertiary alicyclic amines) is 1. The molecule has 17 heavy (non-hydrogen) atoms. The minimum Gasteiger partial charge on any atom is -0.481 e. The van der Waals surface area contributed by atoms with Gasteiger partial charge in [-0.1, -0.05) is 0 Å². The number of amides is 2. The summed E-state index contributed by atoms with van der Waals surface area (Å²) in [7, 11) is 0. The molecule has 1 unspecified atom stereocenters. The fraction of sp³-hybridized carbons (Fsp3) is 0.500. The highest BCUT2D eigenvalue weighted by atomic mass is 32.1. The molecule has 0 radical (unpaired) electrons. The Morgan fingerprint density at radius 3 is 2.88 bits per heavy atom. The third-order valence-corrected chi connectivity index (χ3v) is 3.64. The number of nitrogens with one attached hydrogen (secondary N) is 1. The molecular formula is C10H13N3O3S. The van der Waals surface area contributed by atoms with E-state index in [0.717, 1.165) is 5.01 Å². The van der Waals surface area contributed by atoms with Gasteiger partial charge in [0.2, 0.25) is 0 Å². The van der Waals surface area contributed by atoms with Crippen molar-refractivity contribution in [2.45, 2.75) is 13.0 Å². The number of urea groups is 1. The largest absolute Gasteiger partial charge is 0.481 e. The summed E-state index contributed by atoms with van der Waals surface area (Å²) in [6, 6.07) is -0.378. The molecule has 1 saturated heterocycles. The van der Waals surface area contributed by atoms with Crippen molar-refractivity contribution in [2.24, 2.45) is 5.92 Å². The zero-order valence-electron chi connectivity index (χ0n) is 9.29. The third-order valence-electron chi connectivity index (χ3n) is 2.68. The monoisotopic (exact) mass is 255 g/mol. The number of nitrogens with zero attached hydrogens (tertiary/aromatic N) is 2. The van der Waals surface area contributed by atoms with Crippen LogP contribution in [0.4, 0.5) is 4.79 Å². The van der Waals surface area contributed by atoms with Crippen LogP contribution < -0.4 is 5.32 Å². The molecule has 7 heteroatoms. The van der Waals surface area contributed by atoms with E-state index in [1.54, 1.807) is 6.20 Å². The van der Waals surface area contributed by atoms with E-state index in [0.29, 0.717) is 0 Å². The van der Waals surface area contributed by atoms with Crippen LogP contribution in [0, 0.1) is 5.92 Å². The van der Waals surface area contributed by atoms with Crippen molar-refractivity contribution in [2.75, 3.05) is 13.1 Å². The van der Waals surface area contributed by atoms with Crippen LogP contribution in [0.25, 0.3) is 0 Å². The molecule has 2 heterocycles. The normalized spacial score (nSPS) is 17.4. The van der Waals surface area contributed by atoms with Crippen LogP contribution in [0.15, 0.2) is 11.6 Å². The van der Waals surface area contributed by atoms with Crippen molar-refractivity contribution in [1.82, 2.24) is 15.2 Å². The predicted molar refractivity (Wildman–Crippen MR) is 61.8 cm³/mol. The maximum Gasteiger partial charge on any atom is 0.318 e. The second-order valence-electron chi connectivity index (χ2n) is 3.98. The quantitative estimate of drug-likeness (QED) is 0.841.